The van der Waals surface area contributed by atoms with E-state index in [1.165, 1.54) is 19.2 Å². The van der Waals surface area contributed by atoms with Crippen molar-refractivity contribution in [3.05, 3.63) is 65.2 Å². The number of hydrogen-bond acceptors (Lipinski definition) is 3. The van der Waals surface area contributed by atoms with Gasteiger partial charge < -0.3 is 4.74 Å². The van der Waals surface area contributed by atoms with Gasteiger partial charge in [0.2, 0.25) is 0 Å². The molecule has 0 atom stereocenters. The predicted molar refractivity (Wildman–Crippen MR) is 114 cm³/mol. The van der Waals surface area contributed by atoms with Gasteiger partial charge in [0.25, 0.3) is 0 Å². The van der Waals surface area contributed by atoms with Crippen molar-refractivity contribution in [3.8, 4) is 22.7 Å². The number of pyridine rings is 1. The molecule has 0 saturated heterocycles. The fraction of sp³-hybridized carbons (Fsp3) is 0.217. The van der Waals surface area contributed by atoms with Gasteiger partial charge in [-0.15, -0.1) is 5.54 Å². The number of alkyl halides is 3. The van der Waals surface area contributed by atoms with Gasteiger partial charge in [-0.25, -0.2) is 9.78 Å². The highest BCUT2D eigenvalue weighted by molar-refractivity contribution is 6.83. The molecule has 0 saturated carbocycles. The third kappa shape index (κ3) is 4.89. The van der Waals surface area contributed by atoms with Crippen molar-refractivity contribution < 1.29 is 22.7 Å². The molecule has 3 aromatic rings. The Kier molecular flexibility index (Phi) is 5.73. The molecule has 154 valence electrons. The molecule has 2 aromatic carbocycles. The summed E-state index contributed by atoms with van der Waals surface area (Å²) in [5.41, 5.74) is 5.18. The van der Waals surface area contributed by atoms with Crippen molar-refractivity contribution in [2.24, 2.45) is 0 Å². The maximum absolute atomic E-state index is 12.9. The lowest BCUT2D eigenvalue weighted by Crippen LogP contribution is -2.16. The van der Waals surface area contributed by atoms with Crippen LogP contribution < -0.4 is 0 Å². The summed E-state index contributed by atoms with van der Waals surface area (Å²) in [4.78, 5) is 16.5. The third-order valence-corrected chi connectivity index (χ3v) is 5.19. The average Bonchev–Trinajstić information content (AvgIpc) is 2.69. The van der Waals surface area contributed by atoms with E-state index in [0.29, 0.717) is 27.9 Å². The second-order valence-corrected chi connectivity index (χ2v) is 12.6. The molecule has 0 aliphatic heterocycles. The number of halogens is 3. The van der Waals surface area contributed by atoms with E-state index in [4.69, 9.17) is 4.74 Å². The van der Waals surface area contributed by atoms with Crippen LogP contribution in [-0.2, 0) is 10.9 Å². The monoisotopic (exact) mass is 427 g/mol. The van der Waals surface area contributed by atoms with E-state index in [2.05, 4.69) is 36.1 Å². The van der Waals surface area contributed by atoms with Crippen LogP contribution in [0.15, 0.2) is 48.5 Å². The molecule has 0 aliphatic carbocycles. The smallest absolute Gasteiger partial charge is 0.416 e. The van der Waals surface area contributed by atoms with Crippen LogP contribution in [0.25, 0.3) is 22.2 Å². The molecule has 0 unspecified atom stereocenters. The molecule has 0 spiro atoms. The Bertz CT molecular complexity index is 1170. The highest BCUT2D eigenvalue weighted by atomic mass is 28.3. The third-order valence-electron chi connectivity index (χ3n) is 4.31. The molecule has 7 heteroatoms. The lowest BCUT2D eigenvalue weighted by molar-refractivity contribution is -0.137. The van der Waals surface area contributed by atoms with E-state index in [9.17, 15) is 18.0 Å². The molecule has 3 nitrogen and oxygen atoms in total. The number of benzene rings is 2. The van der Waals surface area contributed by atoms with Gasteiger partial charge in [-0.3, -0.25) is 0 Å². The molecular weight excluding hydrogens is 407 g/mol. The number of methoxy groups -OCH3 is 1. The fourth-order valence-electron chi connectivity index (χ4n) is 2.81. The number of carbonyl (C=O) groups excluding carboxylic acids is 1. The normalized spacial score (nSPS) is 11.7. The molecule has 0 bridgehead atoms. The van der Waals surface area contributed by atoms with Crippen molar-refractivity contribution >= 4 is 24.9 Å². The maximum Gasteiger partial charge on any atom is 0.416 e. The Labute approximate surface area is 173 Å². The van der Waals surface area contributed by atoms with Gasteiger partial charge >= 0.3 is 12.1 Å². The average molecular weight is 427 g/mol. The van der Waals surface area contributed by atoms with Crippen molar-refractivity contribution in [2.45, 2.75) is 25.8 Å². The summed E-state index contributed by atoms with van der Waals surface area (Å²) in [5, 5.41) is 0.768. The van der Waals surface area contributed by atoms with Crippen LogP contribution in [0.1, 0.15) is 21.5 Å². The minimum atomic E-state index is -4.40. The molecule has 30 heavy (non-hydrogen) atoms. The molecule has 0 fully saturated rings. The van der Waals surface area contributed by atoms with Gasteiger partial charge in [-0.05, 0) is 30.3 Å². The van der Waals surface area contributed by atoms with Crippen molar-refractivity contribution in [2.75, 3.05) is 7.11 Å². The maximum atomic E-state index is 12.9. The fourth-order valence-corrected chi connectivity index (χ4v) is 3.32. The van der Waals surface area contributed by atoms with E-state index in [-0.39, 0.29) is 0 Å². The van der Waals surface area contributed by atoms with Crippen molar-refractivity contribution in [3.63, 3.8) is 0 Å². The van der Waals surface area contributed by atoms with Crippen molar-refractivity contribution in [1.29, 1.82) is 0 Å². The van der Waals surface area contributed by atoms with E-state index < -0.39 is 25.8 Å². The zero-order valence-electron chi connectivity index (χ0n) is 17.0. The molecule has 0 amide bonds. The van der Waals surface area contributed by atoms with Crippen LogP contribution in [0.4, 0.5) is 13.2 Å². The van der Waals surface area contributed by atoms with Crippen LogP contribution in [0.5, 0.6) is 0 Å². The van der Waals surface area contributed by atoms with Gasteiger partial charge in [0.05, 0.1) is 29.4 Å². The first kappa shape index (κ1) is 21.6. The summed E-state index contributed by atoms with van der Waals surface area (Å²) in [5.74, 6) is 2.72. The van der Waals surface area contributed by atoms with Crippen LogP contribution in [0.3, 0.4) is 0 Å². The number of carbonyl (C=O) groups is 1. The zero-order valence-corrected chi connectivity index (χ0v) is 18.0. The molecule has 1 aromatic heterocycles. The SMILES string of the molecule is COC(=O)c1ccc2c(C#C[Si](C)(C)C)cc(-c3ccc(C(F)(F)F)cc3)nc2c1. The first-order valence-corrected chi connectivity index (χ1v) is 12.7. The van der Waals surface area contributed by atoms with E-state index in [1.54, 1.807) is 24.3 Å². The minimum absolute atomic E-state index is 0.339. The Morgan fingerprint density at radius 2 is 1.70 bits per heavy atom. The topological polar surface area (TPSA) is 39.2 Å². The standard InChI is InChI=1S/C23H20F3NO2Si/c1-29-22(28)17-7-10-19-16(11-12-30(2,3)4)13-20(27-21(19)14-17)15-5-8-18(9-6-15)23(24,25)26/h5-10,13-14H,1-4H3. The highest BCUT2D eigenvalue weighted by Gasteiger charge is 2.30. The quantitative estimate of drug-likeness (QED) is 0.289. The van der Waals surface area contributed by atoms with E-state index in [1.807, 2.05) is 0 Å². The summed E-state index contributed by atoms with van der Waals surface area (Å²) >= 11 is 0. The first-order chi connectivity index (χ1) is 14.0. The Balaban J connectivity index is 2.20. The number of fused-ring (bicyclic) bond motifs is 1. The molecule has 0 N–H and O–H groups in total. The van der Waals surface area contributed by atoms with Crippen LogP contribution in [0.2, 0.25) is 19.6 Å². The minimum Gasteiger partial charge on any atom is -0.465 e. The summed E-state index contributed by atoms with van der Waals surface area (Å²) in [6.45, 7) is 6.36. The lowest BCUT2D eigenvalue weighted by atomic mass is 10.0. The first-order valence-electron chi connectivity index (χ1n) is 9.22. The van der Waals surface area contributed by atoms with E-state index in [0.717, 1.165) is 17.5 Å². The summed E-state index contributed by atoms with van der Waals surface area (Å²) in [6, 6.07) is 11.6. The zero-order chi connectivity index (χ0) is 22.1. The Morgan fingerprint density at radius 1 is 1.03 bits per heavy atom. The van der Waals surface area contributed by atoms with Crippen LogP contribution in [-0.4, -0.2) is 26.1 Å². The molecular formula is C23H20F3NO2Si. The van der Waals surface area contributed by atoms with Gasteiger partial charge in [0.1, 0.15) is 8.07 Å². The number of aromatic nitrogens is 1. The number of ether oxygens (including phenoxy) is 1. The van der Waals surface area contributed by atoms with Gasteiger partial charge in [-0.1, -0.05) is 43.8 Å². The number of hydrogen-bond donors (Lipinski definition) is 0. The number of nitrogens with zero attached hydrogens (tertiary/aromatic N) is 1. The Morgan fingerprint density at radius 3 is 2.27 bits per heavy atom. The lowest BCUT2D eigenvalue weighted by Gasteiger charge is -2.10. The second-order valence-electron chi connectivity index (χ2n) is 7.85. The van der Waals surface area contributed by atoms with Gasteiger partial charge in [0.15, 0.2) is 0 Å². The number of esters is 1. The van der Waals surface area contributed by atoms with Crippen LogP contribution in [0, 0.1) is 11.5 Å². The Hall–Kier alpha value is -3.11. The van der Waals surface area contributed by atoms with Crippen molar-refractivity contribution in [1.82, 2.24) is 4.98 Å². The van der Waals surface area contributed by atoms with Gasteiger partial charge in [-0.2, -0.15) is 13.2 Å². The van der Waals surface area contributed by atoms with Gasteiger partial charge in [0, 0.05) is 16.5 Å². The largest absolute Gasteiger partial charge is 0.465 e. The second kappa shape index (κ2) is 7.96. The predicted octanol–water partition coefficient (Wildman–Crippen LogP) is 5.94. The number of rotatable bonds is 2. The molecule has 3 rings (SSSR count). The summed E-state index contributed by atoms with van der Waals surface area (Å²) in [6.07, 6.45) is -4.40. The summed E-state index contributed by atoms with van der Waals surface area (Å²) in [7, 11) is -0.373. The summed E-state index contributed by atoms with van der Waals surface area (Å²) < 4.78 is 43.4. The molecule has 0 radical (unpaired) electrons. The van der Waals surface area contributed by atoms with Crippen LogP contribution >= 0.6 is 0 Å². The van der Waals surface area contributed by atoms with E-state index >= 15 is 0 Å². The highest BCUT2D eigenvalue weighted by Crippen LogP contribution is 2.31. The molecule has 1 heterocycles. The molecule has 0 aliphatic rings.